The Hall–Kier alpha value is -6.30. The minimum atomic E-state index is -0.375. The predicted molar refractivity (Wildman–Crippen MR) is 516 cm³/mol. The van der Waals surface area contributed by atoms with E-state index >= 15 is 0 Å². The molecule has 5 aliphatic rings. The molecule has 12 unspecified atom stereocenters. The number of aliphatic hydroxyl groups excluding tert-OH is 10. The van der Waals surface area contributed by atoms with Crippen molar-refractivity contribution in [2.24, 2.45) is 11.8 Å². The molecule has 0 bridgehead atoms. The largest absolute Gasteiger partial charge is 0.513 e. The summed E-state index contributed by atoms with van der Waals surface area (Å²) in [6, 6.07) is 51.1. The van der Waals surface area contributed by atoms with Crippen LogP contribution in [0.2, 0.25) is 0 Å². The molecule has 0 amide bonds. The number of nitrogens with zero attached hydrogens (tertiary/aromatic N) is 5. The van der Waals surface area contributed by atoms with Gasteiger partial charge in [-0.2, -0.15) is 27.9 Å². The molecule has 5 aromatic carbocycles. The number of aromatic nitrogens is 5. The van der Waals surface area contributed by atoms with Gasteiger partial charge in [-0.25, -0.2) is 0 Å². The van der Waals surface area contributed by atoms with Crippen molar-refractivity contribution in [1.82, 2.24) is 24.9 Å². The van der Waals surface area contributed by atoms with E-state index in [1.807, 2.05) is 91.0 Å². The van der Waals surface area contributed by atoms with Crippen molar-refractivity contribution in [1.29, 1.82) is 0 Å². The van der Waals surface area contributed by atoms with E-state index in [9.17, 15) is 0 Å². The molecule has 20 nitrogen and oxygen atoms in total. The molecule has 10 aromatic rings. The van der Waals surface area contributed by atoms with E-state index in [0.29, 0.717) is 43.9 Å². The smallest absolute Gasteiger partial charge is 0.120 e. The van der Waals surface area contributed by atoms with Gasteiger partial charge in [0.25, 0.3) is 0 Å². The molecule has 0 saturated carbocycles. The monoisotopic (exact) mass is 2700 g/mol. The third-order valence-electron chi connectivity index (χ3n) is 21.0. The van der Waals surface area contributed by atoms with Crippen molar-refractivity contribution < 1.29 is 175 Å². The summed E-state index contributed by atoms with van der Waals surface area (Å²) in [7, 11) is 8.47. The fourth-order valence-corrected chi connectivity index (χ4v) is 14.9. The first kappa shape index (κ1) is 124. The number of aliphatic hydroxyl groups is 10. The molecule has 5 aromatic heterocycles. The van der Waals surface area contributed by atoms with Crippen LogP contribution in [-0.4, -0.2) is 173 Å². The van der Waals surface area contributed by atoms with Gasteiger partial charge in [0.15, 0.2) is 0 Å². The standard InChI is InChI=1S/2C17H18NO.3C16H16NO.5C5H12O2.5Ir/c1-12-6-5-8-14(10-12)17-16(19-2)11-13-7-3-4-9-15(13)18-17;1-12-4-3-5-13(10-12)16-8-6-14-11-15(19-2)7-9-17(14)18-16;1-18-15-11-13-9-5-6-10-14(13)17-16(15)12-7-3-2-4-8-12;1-18-14-8-10-16-13(11-14)7-9-15(17-16)12-5-3-2-4-6-12;1-18-14-9-7-13-8-10-15(17-16(13)11-14)12-5-3-2-4-6-12;5*1-4(6)3-5(2)7;;;;;/h3-4,7,9,11-12H,5-6,8H2,1-2H3;6-9,11-12H,3-5H2,1-2H3;5-6,9-11H,2-4,7H2,1H3;2*7-11H,2-5H2,1H3;5*4-7H,3H2,1-2H3;;;;;/q5*-1;;;;;;;;;;. The average molecular weight is 2700 g/mol. The van der Waals surface area contributed by atoms with Gasteiger partial charge in [0.1, 0.15) is 17.2 Å². The van der Waals surface area contributed by atoms with E-state index in [1.54, 1.807) is 105 Å². The Balaban J connectivity index is 0.000000751. The number of ether oxygens (including phenoxy) is 5. The number of rotatable bonds is 20. The molecule has 132 heavy (non-hydrogen) atoms. The SMILES string of the molecule is CC(O)CC(C)O.CC(O)CC(C)O.CC(O)CC(C)O.CC(O)CC(C)O.CC(O)CC(C)O.COc1cc2ccccc2nc1C1=[C-]C(C)CCC1.COc1cc2ccccc2nc1C1=[C-]CCCC1.COc1ccc2ccc(C3=[C-]CCCC3)nc2c1.COc1ccc2nc(C3=[C-]C(C)CCC3)ccc2c1.COc1ccc2nc(C3=[C-]CCCC3)ccc2c1.[Ir].[Ir].[Ir].[Ir].[Ir]. The first-order valence-corrected chi connectivity index (χ1v) is 45.4. The molecule has 15 rings (SSSR count). The van der Waals surface area contributed by atoms with Crippen LogP contribution >= 0.6 is 0 Å². The zero-order chi connectivity index (χ0) is 92.9. The number of methoxy groups -OCH3 is 5. The molecule has 0 spiro atoms. The van der Waals surface area contributed by atoms with Gasteiger partial charge >= 0.3 is 0 Å². The molecule has 12 atom stereocenters. The van der Waals surface area contributed by atoms with Crippen molar-refractivity contribution >= 4 is 82.4 Å². The van der Waals surface area contributed by atoms with Gasteiger partial charge in [0.2, 0.25) is 0 Å². The third-order valence-corrected chi connectivity index (χ3v) is 21.0. The number of benzene rings is 5. The molecule has 0 saturated heterocycles. The van der Waals surface area contributed by atoms with E-state index in [1.165, 1.54) is 92.1 Å². The van der Waals surface area contributed by atoms with Crippen molar-refractivity contribution in [3.63, 3.8) is 0 Å². The summed E-state index contributed by atoms with van der Waals surface area (Å²) in [5, 5.41) is 91.3. The van der Waals surface area contributed by atoms with Crippen LogP contribution in [0, 0.1) is 42.2 Å². The predicted octanol–water partition coefficient (Wildman–Crippen LogP) is 21.2. The van der Waals surface area contributed by atoms with E-state index in [-0.39, 0.29) is 162 Å². The minimum absolute atomic E-state index is 0. The zero-order valence-corrected chi connectivity index (χ0v) is 92.0. The Labute approximate surface area is 853 Å². The number of fused-ring (bicyclic) bond motifs is 5. The number of hydrogen-bond donors (Lipinski definition) is 10. The van der Waals surface area contributed by atoms with Crippen LogP contribution in [-0.2, 0) is 101 Å². The molecule has 5 radical (unpaired) electrons. The maximum absolute atomic E-state index is 8.56. The maximum Gasteiger partial charge on any atom is 0.120 e. The fourth-order valence-electron chi connectivity index (χ4n) is 14.9. The zero-order valence-electron chi connectivity index (χ0n) is 80.0. The summed E-state index contributed by atoms with van der Waals surface area (Å²) < 4.78 is 26.7. The quantitative estimate of drug-likeness (QED) is 0.0317. The Morgan fingerprint density at radius 2 is 0.561 bits per heavy atom. The number of para-hydroxylation sites is 2. The summed E-state index contributed by atoms with van der Waals surface area (Å²) in [4.78, 5) is 23.7. The second-order valence-electron chi connectivity index (χ2n) is 33.8. The topological polar surface area (TPSA) is 313 Å². The molecule has 10 N–H and O–H groups in total. The van der Waals surface area contributed by atoms with E-state index in [0.717, 1.165) is 163 Å². The van der Waals surface area contributed by atoms with Gasteiger partial charge in [-0.1, -0.05) is 182 Å². The molecule has 5 aliphatic carbocycles. The summed E-state index contributed by atoms with van der Waals surface area (Å²) in [6.07, 6.45) is 37.0. The van der Waals surface area contributed by atoms with Crippen LogP contribution in [0.1, 0.15) is 259 Å². The van der Waals surface area contributed by atoms with Crippen LogP contribution < -0.4 is 23.7 Å². The van der Waals surface area contributed by atoms with Gasteiger partial charge in [-0.3, -0.25) is 30.4 Å². The summed E-state index contributed by atoms with van der Waals surface area (Å²) in [5.41, 5.74) is 16.5. The van der Waals surface area contributed by atoms with E-state index < -0.39 is 0 Å². The fraction of sp³-hybridized carbons (Fsp3) is 0.486. The van der Waals surface area contributed by atoms with Gasteiger partial charge in [0.05, 0.1) is 125 Å². The van der Waals surface area contributed by atoms with Gasteiger partial charge < -0.3 is 99.7 Å². The first-order chi connectivity index (χ1) is 60.8. The molecule has 5 heterocycles. The second-order valence-corrected chi connectivity index (χ2v) is 33.8. The van der Waals surface area contributed by atoms with Crippen LogP contribution in [0.3, 0.4) is 0 Å². The Kier molecular flexibility index (Phi) is 63.6. The third kappa shape index (κ3) is 46.7. The minimum Gasteiger partial charge on any atom is -0.513 e. The molecular weight excluding hydrogens is 2560 g/mol. The van der Waals surface area contributed by atoms with Crippen LogP contribution in [0.4, 0.5) is 0 Å². The summed E-state index contributed by atoms with van der Waals surface area (Å²) in [5.74, 6) is 5.39. The Morgan fingerprint density at radius 3 is 0.894 bits per heavy atom. The molecule has 25 heteroatoms. The van der Waals surface area contributed by atoms with Gasteiger partial charge in [0, 0.05) is 139 Å². The van der Waals surface area contributed by atoms with E-state index in [4.69, 9.17) is 99.7 Å². The molecule has 737 valence electrons. The Morgan fingerprint density at radius 1 is 0.280 bits per heavy atom. The summed E-state index contributed by atoms with van der Waals surface area (Å²) in [6.45, 7) is 21.0. The van der Waals surface area contributed by atoms with Gasteiger partial charge in [-0.15, -0.1) is 49.3 Å². The van der Waals surface area contributed by atoms with Crippen LogP contribution in [0.25, 0.3) is 82.4 Å². The number of hydrogen-bond acceptors (Lipinski definition) is 20. The maximum atomic E-state index is 8.56. The van der Waals surface area contributed by atoms with Crippen molar-refractivity contribution in [3.05, 3.63) is 211 Å². The second kappa shape index (κ2) is 67.8. The normalized spacial score (nSPS) is 16.9. The van der Waals surface area contributed by atoms with Gasteiger partial charge in [-0.05, 0) is 191 Å². The van der Waals surface area contributed by atoms with Crippen LogP contribution in [0.5, 0.6) is 28.7 Å². The van der Waals surface area contributed by atoms with E-state index in [2.05, 4.69) is 105 Å². The summed E-state index contributed by atoms with van der Waals surface area (Å²) >= 11 is 0. The van der Waals surface area contributed by atoms with Crippen molar-refractivity contribution in [3.8, 4) is 28.7 Å². The first-order valence-electron chi connectivity index (χ1n) is 45.4. The van der Waals surface area contributed by atoms with Crippen molar-refractivity contribution in [2.45, 2.75) is 292 Å². The molecule has 0 fully saturated rings. The molecular formula is C107H144Ir5N5O15-5. The van der Waals surface area contributed by atoms with Crippen LogP contribution in [0.15, 0.2) is 152 Å². The average Bonchev–Trinajstić information content (AvgIpc) is 0.802. The number of allylic oxidation sites excluding steroid dienone is 10. The number of pyridine rings is 5. The Bertz CT molecular complexity index is 4960. The van der Waals surface area contributed by atoms with Crippen molar-refractivity contribution in [2.75, 3.05) is 35.5 Å². The molecule has 0 aliphatic heterocycles.